The average Bonchev–Trinajstić information content (AvgIpc) is 2.31. The fourth-order valence-corrected chi connectivity index (χ4v) is 2.08. The summed E-state index contributed by atoms with van der Waals surface area (Å²) in [6, 6.07) is 5.11. The zero-order valence-corrected chi connectivity index (χ0v) is 10.7. The Labute approximate surface area is 106 Å². The fourth-order valence-electron chi connectivity index (χ4n) is 1.27. The van der Waals surface area contributed by atoms with E-state index < -0.39 is 0 Å². The molecule has 1 amide bonds. The zero-order valence-electron chi connectivity index (χ0n) is 9.90. The standard InChI is InChI=1S/C12H18N2O2S/c1-2-5-14-12(16)8-17-7-9-3-4-11(15)10(13)6-9/h3-4,6,15H,2,5,7-8,13H2,1H3,(H,14,16). The van der Waals surface area contributed by atoms with Crippen molar-refractivity contribution in [2.75, 3.05) is 18.0 Å². The van der Waals surface area contributed by atoms with E-state index in [2.05, 4.69) is 5.32 Å². The smallest absolute Gasteiger partial charge is 0.230 e. The van der Waals surface area contributed by atoms with E-state index in [1.54, 1.807) is 12.1 Å². The summed E-state index contributed by atoms with van der Waals surface area (Å²) in [6.45, 7) is 2.75. The summed E-state index contributed by atoms with van der Waals surface area (Å²) in [7, 11) is 0. The van der Waals surface area contributed by atoms with Gasteiger partial charge in [-0.3, -0.25) is 4.79 Å². The third-order valence-corrected chi connectivity index (χ3v) is 3.17. The summed E-state index contributed by atoms with van der Waals surface area (Å²) in [5.41, 5.74) is 6.96. The van der Waals surface area contributed by atoms with Crippen molar-refractivity contribution in [3.05, 3.63) is 23.8 Å². The third kappa shape index (κ3) is 4.99. The van der Waals surface area contributed by atoms with Crippen molar-refractivity contribution in [2.45, 2.75) is 19.1 Å². The third-order valence-electron chi connectivity index (χ3n) is 2.17. The number of carbonyl (C=O) groups excluding carboxylic acids is 1. The Hall–Kier alpha value is -1.36. The molecule has 5 heteroatoms. The second-order valence-electron chi connectivity index (χ2n) is 3.74. The Morgan fingerprint density at radius 3 is 2.94 bits per heavy atom. The van der Waals surface area contributed by atoms with Gasteiger partial charge in [0, 0.05) is 12.3 Å². The van der Waals surface area contributed by atoms with E-state index in [1.165, 1.54) is 11.8 Å². The predicted molar refractivity (Wildman–Crippen MR) is 72.0 cm³/mol. The Bertz CT molecular complexity index is 383. The Morgan fingerprint density at radius 2 is 2.29 bits per heavy atom. The van der Waals surface area contributed by atoms with Crippen LogP contribution in [0.1, 0.15) is 18.9 Å². The molecule has 1 rings (SSSR count). The lowest BCUT2D eigenvalue weighted by Crippen LogP contribution is -2.25. The van der Waals surface area contributed by atoms with Crippen molar-refractivity contribution in [3.63, 3.8) is 0 Å². The number of thioether (sulfide) groups is 1. The van der Waals surface area contributed by atoms with E-state index >= 15 is 0 Å². The molecule has 0 aromatic heterocycles. The van der Waals surface area contributed by atoms with E-state index in [1.807, 2.05) is 13.0 Å². The number of anilines is 1. The van der Waals surface area contributed by atoms with Crippen LogP contribution in [0.15, 0.2) is 18.2 Å². The average molecular weight is 254 g/mol. The second-order valence-corrected chi connectivity index (χ2v) is 4.72. The molecule has 4 N–H and O–H groups in total. The lowest BCUT2D eigenvalue weighted by atomic mass is 10.2. The highest BCUT2D eigenvalue weighted by molar-refractivity contribution is 7.99. The summed E-state index contributed by atoms with van der Waals surface area (Å²) in [6.07, 6.45) is 0.949. The maximum atomic E-state index is 11.3. The minimum absolute atomic E-state index is 0.0589. The molecule has 0 saturated heterocycles. The van der Waals surface area contributed by atoms with Gasteiger partial charge >= 0.3 is 0 Å². The molecule has 0 heterocycles. The first-order valence-corrected chi connectivity index (χ1v) is 6.70. The van der Waals surface area contributed by atoms with Crippen molar-refractivity contribution in [2.24, 2.45) is 0 Å². The molecular weight excluding hydrogens is 236 g/mol. The number of nitrogen functional groups attached to an aromatic ring is 1. The predicted octanol–water partition coefficient (Wildman–Crippen LogP) is 1.73. The highest BCUT2D eigenvalue weighted by Gasteiger charge is 2.02. The molecule has 0 atom stereocenters. The topological polar surface area (TPSA) is 75.3 Å². The molecule has 0 unspecified atom stereocenters. The Morgan fingerprint density at radius 1 is 1.53 bits per heavy atom. The van der Waals surface area contributed by atoms with Gasteiger partial charge in [0.05, 0.1) is 11.4 Å². The van der Waals surface area contributed by atoms with Crippen LogP contribution in [0, 0.1) is 0 Å². The van der Waals surface area contributed by atoms with Crippen molar-refractivity contribution in [1.82, 2.24) is 5.32 Å². The zero-order chi connectivity index (χ0) is 12.7. The van der Waals surface area contributed by atoms with Gasteiger partial charge in [-0.05, 0) is 24.1 Å². The van der Waals surface area contributed by atoms with E-state index in [0.29, 0.717) is 17.2 Å². The number of hydrogen-bond donors (Lipinski definition) is 3. The lowest BCUT2D eigenvalue weighted by Gasteiger charge is -2.05. The van der Waals surface area contributed by atoms with Gasteiger partial charge < -0.3 is 16.2 Å². The monoisotopic (exact) mass is 254 g/mol. The molecule has 0 aliphatic rings. The first kappa shape index (κ1) is 13.7. The van der Waals surface area contributed by atoms with Gasteiger partial charge in [0.25, 0.3) is 0 Å². The van der Waals surface area contributed by atoms with Crippen LogP contribution in [0.3, 0.4) is 0 Å². The molecule has 0 fully saturated rings. The van der Waals surface area contributed by atoms with Crippen LogP contribution in [0.2, 0.25) is 0 Å². The van der Waals surface area contributed by atoms with Crippen LogP contribution in [0.5, 0.6) is 5.75 Å². The highest BCUT2D eigenvalue weighted by atomic mass is 32.2. The van der Waals surface area contributed by atoms with Crippen LogP contribution in [0.25, 0.3) is 0 Å². The molecule has 0 bridgehead atoms. The van der Waals surface area contributed by atoms with Crippen LogP contribution in [-0.4, -0.2) is 23.3 Å². The molecule has 94 valence electrons. The van der Waals surface area contributed by atoms with Crippen molar-refractivity contribution >= 4 is 23.4 Å². The Balaban J connectivity index is 2.30. The van der Waals surface area contributed by atoms with Gasteiger partial charge in [-0.25, -0.2) is 0 Å². The first-order valence-electron chi connectivity index (χ1n) is 5.55. The van der Waals surface area contributed by atoms with Crippen molar-refractivity contribution in [3.8, 4) is 5.75 Å². The largest absolute Gasteiger partial charge is 0.506 e. The normalized spacial score (nSPS) is 10.2. The molecule has 1 aromatic carbocycles. The molecule has 17 heavy (non-hydrogen) atoms. The molecular formula is C12H18N2O2S. The molecule has 1 aromatic rings. The van der Waals surface area contributed by atoms with Crippen LogP contribution >= 0.6 is 11.8 Å². The van der Waals surface area contributed by atoms with E-state index in [9.17, 15) is 9.90 Å². The van der Waals surface area contributed by atoms with Crippen LogP contribution < -0.4 is 11.1 Å². The number of benzene rings is 1. The number of rotatable bonds is 6. The van der Waals surface area contributed by atoms with Crippen LogP contribution in [-0.2, 0) is 10.5 Å². The quantitative estimate of drug-likeness (QED) is 0.534. The van der Waals surface area contributed by atoms with Gasteiger partial charge in [0.1, 0.15) is 5.75 Å². The number of hydrogen-bond acceptors (Lipinski definition) is 4. The summed E-state index contributed by atoms with van der Waals surface area (Å²) >= 11 is 1.53. The maximum Gasteiger partial charge on any atom is 0.230 e. The van der Waals surface area contributed by atoms with Gasteiger partial charge in [0.2, 0.25) is 5.91 Å². The molecule has 0 aliphatic heterocycles. The minimum Gasteiger partial charge on any atom is -0.506 e. The molecule has 0 aliphatic carbocycles. The van der Waals surface area contributed by atoms with Crippen molar-refractivity contribution in [1.29, 1.82) is 0 Å². The Kier molecular flexibility index (Phi) is 5.69. The van der Waals surface area contributed by atoms with E-state index in [0.717, 1.165) is 18.5 Å². The number of phenolic OH excluding ortho intramolecular Hbond substituents is 1. The van der Waals surface area contributed by atoms with Gasteiger partial charge in [-0.1, -0.05) is 13.0 Å². The number of carbonyl (C=O) groups is 1. The lowest BCUT2D eigenvalue weighted by molar-refractivity contribution is -0.118. The number of nitrogens with two attached hydrogens (primary N) is 1. The fraction of sp³-hybridized carbons (Fsp3) is 0.417. The molecule has 0 radical (unpaired) electrons. The SMILES string of the molecule is CCCNC(=O)CSCc1ccc(O)c(N)c1. The highest BCUT2D eigenvalue weighted by Crippen LogP contribution is 2.22. The number of nitrogens with one attached hydrogen (secondary N) is 1. The second kappa shape index (κ2) is 7.06. The van der Waals surface area contributed by atoms with E-state index in [-0.39, 0.29) is 11.7 Å². The van der Waals surface area contributed by atoms with Crippen LogP contribution in [0.4, 0.5) is 5.69 Å². The van der Waals surface area contributed by atoms with Gasteiger partial charge in [-0.2, -0.15) is 0 Å². The summed E-state index contributed by atoms with van der Waals surface area (Å²) in [5, 5.41) is 12.1. The summed E-state index contributed by atoms with van der Waals surface area (Å²) in [5.74, 6) is 1.31. The van der Waals surface area contributed by atoms with E-state index in [4.69, 9.17) is 5.73 Å². The van der Waals surface area contributed by atoms with Crippen molar-refractivity contribution < 1.29 is 9.90 Å². The maximum absolute atomic E-state index is 11.3. The minimum atomic E-state index is 0.0589. The first-order chi connectivity index (χ1) is 8.13. The molecule has 0 saturated carbocycles. The number of amides is 1. The van der Waals surface area contributed by atoms with Gasteiger partial charge in [-0.15, -0.1) is 11.8 Å². The molecule has 4 nitrogen and oxygen atoms in total. The summed E-state index contributed by atoms with van der Waals surface area (Å²) < 4.78 is 0. The van der Waals surface area contributed by atoms with Gasteiger partial charge in [0.15, 0.2) is 0 Å². The number of phenols is 1. The summed E-state index contributed by atoms with van der Waals surface area (Å²) in [4.78, 5) is 11.3. The molecule has 0 spiro atoms. The number of aromatic hydroxyl groups is 1.